The number of anilines is 1. The number of hydrogen-bond acceptors (Lipinski definition) is 6. The number of pyridine rings is 1. The predicted molar refractivity (Wildman–Crippen MR) is 120 cm³/mol. The van der Waals surface area contributed by atoms with Gasteiger partial charge in [-0.3, -0.25) is 9.88 Å². The maximum Gasteiger partial charge on any atom is 0.180 e. The summed E-state index contributed by atoms with van der Waals surface area (Å²) in [5.41, 5.74) is 4.30. The summed E-state index contributed by atoms with van der Waals surface area (Å²) in [6.45, 7) is 9.17. The van der Waals surface area contributed by atoms with Gasteiger partial charge in [-0.05, 0) is 50.1 Å². The maximum absolute atomic E-state index is 5.27. The monoisotopic (exact) mass is 403 g/mol. The van der Waals surface area contributed by atoms with Crippen LogP contribution in [0.4, 0.5) is 5.82 Å². The summed E-state index contributed by atoms with van der Waals surface area (Å²) < 4.78 is 5.27. The summed E-state index contributed by atoms with van der Waals surface area (Å²) in [4.78, 5) is 19.0. The van der Waals surface area contributed by atoms with Crippen LogP contribution in [-0.4, -0.2) is 53.1 Å². The van der Waals surface area contributed by atoms with E-state index in [1.807, 2.05) is 30.3 Å². The van der Waals surface area contributed by atoms with Gasteiger partial charge in [0.25, 0.3) is 0 Å². The number of aryl methyl sites for hydroxylation is 1. The zero-order valence-corrected chi connectivity index (χ0v) is 18.0. The van der Waals surface area contributed by atoms with Crippen molar-refractivity contribution in [1.82, 2.24) is 19.9 Å². The largest absolute Gasteiger partial charge is 0.497 e. The Morgan fingerprint density at radius 3 is 2.50 bits per heavy atom. The first-order chi connectivity index (χ1) is 14.6. The van der Waals surface area contributed by atoms with Crippen LogP contribution in [0.1, 0.15) is 23.2 Å². The topological polar surface area (TPSA) is 54.4 Å². The van der Waals surface area contributed by atoms with E-state index in [9.17, 15) is 0 Å². The molecule has 6 heteroatoms. The molecule has 0 bridgehead atoms. The Hall–Kier alpha value is -2.99. The first kappa shape index (κ1) is 20.3. The predicted octanol–water partition coefficient (Wildman–Crippen LogP) is 3.88. The fourth-order valence-electron chi connectivity index (χ4n) is 3.86. The van der Waals surface area contributed by atoms with Crippen molar-refractivity contribution in [2.24, 2.45) is 0 Å². The van der Waals surface area contributed by atoms with Crippen molar-refractivity contribution in [3.8, 4) is 17.3 Å². The van der Waals surface area contributed by atoms with E-state index in [2.05, 4.69) is 45.7 Å². The first-order valence-electron chi connectivity index (χ1n) is 10.5. The van der Waals surface area contributed by atoms with Gasteiger partial charge >= 0.3 is 0 Å². The summed E-state index contributed by atoms with van der Waals surface area (Å²) in [7, 11) is 1.70. The molecule has 0 spiro atoms. The average Bonchev–Trinajstić information content (AvgIpc) is 3.02. The second-order valence-corrected chi connectivity index (χ2v) is 7.76. The summed E-state index contributed by atoms with van der Waals surface area (Å²) in [6, 6.07) is 14.2. The van der Waals surface area contributed by atoms with E-state index < -0.39 is 0 Å². The van der Waals surface area contributed by atoms with E-state index in [4.69, 9.17) is 9.72 Å². The van der Waals surface area contributed by atoms with E-state index in [1.165, 1.54) is 5.56 Å². The molecular formula is C24H29N5O. The Morgan fingerprint density at radius 1 is 0.933 bits per heavy atom. The molecular weight excluding hydrogens is 374 g/mol. The number of rotatable bonds is 5. The third-order valence-electron chi connectivity index (χ3n) is 5.71. The third-order valence-corrected chi connectivity index (χ3v) is 5.71. The molecule has 4 rings (SSSR count). The molecule has 3 heterocycles. The van der Waals surface area contributed by atoms with Crippen LogP contribution >= 0.6 is 0 Å². The summed E-state index contributed by atoms with van der Waals surface area (Å²) >= 11 is 0. The molecule has 0 radical (unpaired) electrons. The number of aromatic nitrogens is 3. The Kier molecular flexibility index (Phi) is 6.23. The van der Waals surface area contributed by atoms with Crippen LogP contribution in [-0.2, 0) is 6.54 Å². The minimum absolute atomic E-state index is 0.702. The molecule has 0 unspecified atom stereocenters. The Balaban J connectivity index is 1.49. The molecule has 6 nitrogen and oxygen atoms in total. The maximum atomic E-state index is 5.27. The second-order valence-electron chi connectivity index (χ2n) is 7.76. The number of nitrogens with zero attached hydrogens (tertiary/aromatic N) is 5. The van der Waals surface area contributed by atoms with Crippen LogP contribution in [0, 0.1) is 13.8 Å². The van der Waals surface area contributed by atoms with Gasteiger partial charge in [0.2, 0.25) is 0 Å². The lowest BCUT2D eigenvalue weighted by Crippen LogP contribution is -2.31. The van der Waals surface area contributed by atoms with Crippen molar-refractivity contribution in [2.45, 2.75) is 26.8 Å². The van der Waals surface area contributed by atoms with Crippen LogP contribution in [0.3, 0.4) is 0 Å². The summed E-state index contributed by atoms with van der Waals surface area (Å²) in [5, 5.41) is 0. The fraction of sp³-hybridized carbons (Fsp3) is 0.375. The molecule has 1 aliphatic rings. The number of hydrogen-bond donors (Lipinski definition) is 0. The molecule has 1 aromatic carbocycles. The highest BCUT2D eigenvalue weighted by atomic mass is 16.5. The van der Waals surface area contributed by atoms with Crippen LogP contribution in [0.5, 0.6) is 5.75 Å². The van der Waals surface area contributed by atoms with Crippen molar-refractivity contribution in [3.63, 3.8) is 0 Å². The molecule has 1 fully saturated rings. The van der Waals surface area contributed by atoms with E-state index in [1.54, 1.807) is 13.3 Å². The highest BCUT2D eigenvalue weighted by Gasteiger charge is 2.20. The zero-order valence-electron chi connectivity index (χ0n) is 18.0. The highest BCUT2D eigenvalue weighted by molar-refractivity contribution is 5.57. The Morgan fingerprint density at radius 2 is 1.77 bits per heavy atom. The molecule has 0 saturated carbocycles. The molecule has 0 N–H and O–H groups in total. The van der Waals surface area contributed by atoms with Gasteiger partial charge in [0.05, 0.1) is 7.11 Å². The van der Waals surface area contributed by atoms with Gasteiger partial charge in [0.15, 0.2) is 5.82 Å². The lowest BCUT2D eigenvalue weighted by molar-refractivity contribution is 0.285. The minimum Gasteiger partial charge on any atom is -0.497 e. The van der Waals surface area contributed by atoms with Crippen molar-refractivity contribution in [2.75, 3.05) is 38.2 Å². The van der Waals surface area contributed by atoms with Crippen LogP contribution in [0.15, 0.2) is 48.7 Å². The Bertz CT molecular complexity index is 975. The molecule has 2 aromatic heterocycles. The Labute approximate surface area is 178 Å². The van der Waals surface area contributed by atoms with Crippen LogP contribution < -0.4 is 9.64 Å². The lowest BCUT2D eigenvalue weighted by Gasteiger charge is -2.25. The minimum atomic E-state index is 0.702. The molecule has 1 saturated heterocycles. The van der Waals surface area contributed by atoms with E-state index in [-0.39, 0.29) is 0 Å². The SMILES string of the molecule is COc1ccc(CN2CCCN(c3nc(-c4ccccn4)nc(C)c3C)CC2)cc1. The van der Waals surface area contributed by atoms with Crippen molar-refractivity contribution in [1.29, 1.82) is 0 Å². The molecule has 30 heavy (non-hydrogen) atoms. The second kappa shape index (κ2) is 9.22. The summed E-state index contributed by atoms with van der Waals surface area (Å²) in [6.07, 6.45) is 2.90. The molecule has 3 aromatic rings. The van der Waals surface area contributed by atoms with Crippen LogP contribution in [0.25, 0.3) is 11.5 Å². The standard InChI is InChI=1S/C24H29N5O/c1-18-19(2)26-23(22-7-4-5-12-25-22)27-24(18)29-14-6-13-28(15-16-29)17-20-8-10-21(30-3)11-9-20/h4-5,7-12H,6,13-17H2,1-3H3. The molecule has 0 aliphatic carbocycles. The number of benzene rings is 1. The van der Waals surface area contributed by atoms with Crippen molar-refractivity contribution >= 4 is 5.82 Å². The summed E-state index contributed by atoms with van der Waals surface area (Å²) in [5.74, 6) is 2.64. The van der Waals surface area contributed by atoms with E-state index >= 15 is 0 Å². The first-order valence-corrected chi connectivity index (χ1v) is 10.5. The lowest BCUT2D eigenvalue weighted by atomic mass is 10.2. The van der Waals surface area contributed by atoms with E-state index in [0.29, 0.717) is 5.82 Å². The van der Waals surface area contributed by atoms with Gasteiger partial charge in [0, 0.05) is 50.2 Å². The van der Waals surface area contributed by atoms with E-state index in [0.717, 1.165) is 67.7 Å². The zero-order chi connectivity index (χ0) is 20.9. The fourth-order valence-corrected chi connectivity index (χ4v) is 3.86. The van der Waals surface area contributed by atoms with Gasteiger partial charge in [-0.1, -0.05) is 18.2 Å². The normalized spacial score (nSPS) is 15.1. The molecule has 0 amide bonds. The number of methoxy groups -OCH3 is 1. The van der Waals surface area contributed by atoms with Gasteiger partial charge < -0.3 is 9.64 Å². The van der Waals surface area contributed by atoms with Gasteiger partial charge in [0.1, 0.15) is 17.3 Å². The van der Waals surface area contributed by atoms with Crippen molar-refractivity contribution < 1.29 is 4.74 Å². The highest BCUT2D eigenvalue weighted by Crippen LogP contribution is 2.25. The molecule has 156 valence electrons. The molecule has 1 aliphatic heterocycles. The van der Waals surface area contributed by atoms with Gasteiger partial charge in [-0.2, -0.15) is 0 Å². The van der Waals surface area contributed by atoms with Crippen LogP contribution in [0.2, 0.25) is 0 Å². The third kappa shape index (κ3) is 4.60. The number of ether oxygens (including phenoxy) is 1. The van der Waals surface area contributed by atoms with Gasteiger partial charge in [-0.25, -0.2) is 9.97 Å². The van der Waals surface area contributed by atoms with Gasteiger partial charge in [-0.15, -0.1) is 0 Å². The smallest absolute Gasteiger partial charge is 0.180 e. The quantitative estimate of drug-likeness (QED) is 0.645. The average molecular weight is 404 g/mol. The molecule has 0 atom stereocenters. The van der Waals surface area contributed by atoms with Crippen molar-refractivity contribution in [3.05, 3.63) is 65.5 Å².